The number of hydrogen-bond acceptors (Lipinski definition) is 1. The molecule has 0 spiro atoms. The molecule has 0 aromatic rings. The standard InChI is InChI=1S/C11H19N.H2O/c1-12-11-5-8-2-9(6-11)4-10(3-8)7-11;/h8-10,12H,2-7H2,1H3;1H2. The van der Waals surface area contributed by atoms with E-state index in [1.165, 1.54) is 19.3 Å². The highest BCUT2D eigenvalue weighted by Crippen LogP contribution is 2.55. The molecule has 0 unspecified atom stereocenters. The third-order valence-corrected chi connectivity index (χ3v) is 4.57. The SMILES string of the molecule is CNC12CC3CC(CC(C3)C1)C2.O. The lowest BCUT2D eigenvalue weighted by atomic mass is 9.53. The quantitative estimate of drug-likeness (QED) is 0.655. The second-order valence-corrected chi connectivity index (χ2v) is 5.45. The molecule has 2 heteroatoms. The van der Waals surface area contributed by atoms with Gasteiger partial charge in [-0.1, -0.05) is 0 Å². The molecule has 4 saturated carbocycles. The smallest absolute Gasteiger partial charge is 0.0186 e. The van der Waals surface area contributed by atoms with E-state index >= 15 is 0 Å². The van der Waals surface area contributed by atoms with Crippen molar-refractivity contribution < 1.29 is 5.48 Å². The maximum absolute atomic E-state index is 3.61. The number of nitrogens with one attached hydrogen (secondary N) is 1. The van der Waals surface area contributed by atoms with Crippen LogP contribution >= 0.6 is 0 Å². The van der Waals surface area contributed by atoms with E-state index < -0.39 is 0 Å². The van der Waals surface area contributed by atoms with Crippen molar-refractivity contribution in [3.8, 4) is 0 Å². The van der Waals surface area contributed by atoms with Gasteiger partial charge in [-0.25, -0.2) is 0 Å². The molecule has 0 heterocycles. The molecule has 4 aliphatic carbocycles. The first-order chi connectivity index (χ1) is 5.80. The Balaban J connectivity index is 0.000000653. The average molecular weight is 183 g/mol. The lowest BCUT2D eigenvalue weighted by Gasteiger charge is -2.56. The summed E-state index contributed by atoms with van der Waals surface area (Å²) in [4.78, 5) is 0. The maximum atomic E-state index is 3.61. The molecule has 0 radical (unpaired) electrons. The Kier molecular flexibility index (Phi) is 2.16. The first-order valence-electron chi connectivity index (χ1n) is 5.48. The van der Waals surface area contributed by atoms with E-state index in [1.807, 2.05) is 0 Å². The third-order valence-electron chi connectivity index (χ3n) is 4.57. The van der Waals surface area contributed by atoms with Crippen LogP contribution in [-0.2, 0) is 0 Å². The van der Waals surface area contributed by atoms with Crippen molar-refractivity contribution >= 4 is 0 Å². The molecule has 0 aliphatic heterocycles. The molecule has 4 aliphatic rings. The molecular formula is C11H21NO. The summed E-state index contributed by atoms with van der Waals surface area (Å²) in [6.45, 7) is 0. The van der Waals surface area contributed by atoms with Gasteiger partial charge in [0.05, 0.1) is 0 Å². The van der Waals surface area contributed by atoms with Crippen LogP contribution in [0.5, 0.6) is 0 Å². The van der Waals surface area contributed by atoms with E-state index in [2.05, 4.69) is 12.4 Å². The van der Waals surface area contributed by atoms with Crippen LogP contribution < -0.4 is 5.32 Å². The maximum Gasteiger partial charge on any atom is 0.0186 e. The molecule has 0 saturated heterocycles. The second-order valence-electron chi connectivity index (χ2n) is 5.45. The van der Waals surface area contributed by atoms with Crippen LogP contribution in [-0.4, -0.2) is 18.1 Å². The van der Waals surface area contributed by atoms with Gasteiger partial charge in [0, 0.05) is 5.54 Å². The van der Waals surface area contributed by atoms with Crippen LogP contribution in [0.25, 0.3) is 0 Å². The topological polar surface area (TPSA) is 43.5 Å². The van der Waals surface area contributed by atoms with Crippen LogP contribution in [0.1, 0.15) is 38.5 Å². The fraction of sp³-hybridized carbons (Fsp3) is 1.00. The van der Waals surface area contributed by atoms with Gasteiger partial charge in [-0.3, -0.25) is 0 Å². The van der Waals surface area contributed by atoms with Gasteiger partial charge in [0.25, 0.3) is 0 Å². The highest BCUT2D eigenvalue weighted by Gasteiger charge is 2.49. The minimum absolute atomic E-state index is 0. The van der Waals surface area contributed by atoms with Gasteiger partial charge in [-0.05, 0) is 63.3 Å². The molecule has 3 N–H and O–H groups in total. The zero-order chi connectivity index (χ0) is 8.18. The molecular weight excluding hydrogens is 162 g/mol. The second kappa shape index (κ2) is 2.96. The van der Waals surface area contributed by atoms with Crippen molar-refractivity contribution in [2.45, 2.75) is 44.1 Å². The normalized spacial score (nSPS) is 51.9. The van der Waals surface area contributed by atoms with Gasteiger partial charge in [0.1, 0.15) is 0 Å². The largest absolute Gasteiger partial charge is 0.412 e. The van der Waals surface area contributed by atoms with Crippen LogP contribution in [0.15, 0.2) is 0 Å². The van der Waals surface area contributed by atoms with Crippen molar-refractivity contribution in [3.05, 3.63) is 0 Å². The molecule has 0 aromatic heterocycles. The predicted molar refractivity (Wildman–Crippen MR) is 53.6 cm³/mol. The Morgan fingerprint density at radius 1 is 0.923 bits per heavy atom. The zero-order valence-electron chi connectivity index (χ0n) is 8.47. The van der Waals surface area contributed by atoms with E-state index in [0.717, 1.165) is 17.8 Å². The zero-order valence-corrected chi connectivity index (χ0v) is 8.47. The van der Waals surface area contributed by atoms with Gasteiger partial charge in [0.2, 0.25) is 0 Å². The number of rotatable bonds is 1. The summed E-state index contributed by atoms with van der Waals surface area (Å²) in [7, 11) is 2.17. The Morgan fingerprint density at radius 3 is 1.62 bits per heavy atom. The molecule has 2 nitrogen and oxygen atoms in total. The average Bonchev–Trinajstić information content (AvgIpc) is 2.02. The molecule has 4 fully saturated rings. The summed E-state index contributed by atoms with van der Waals surface area (Å²) < 4.78 is 0. The van der Waals surface area contributed by atoms with Crippen molar-refractivity contribution in [2.75, 3.05) is 7.05 Å². The predicted octanol–water partition coefficient (Wildman–Crippen LogP) is 1.35. The Labute approximate surface area is 80.4 Å². The summed E-state index contributed by atoms with van der Waals surface area (Å²) in [6.07, 6.45) is 9.11. The summed E-state index contributed by atoms with van der Waals surface area (Å²) >= 11 is 0. The highest BCUT2D eigenvalue weighted by atomic mass is 16.0. The Bertz CT molecular complexity index is 167. The van der Waals surface area contributed by atoms with Crippen molar-refractivity contribution in [1.82, 2.24) is 5.32 Å². The highest BCUT2D eigenvalue weighted by molar-refractivity contribution is 5.05. The van der Waals surface area contributed by atoms with Crippen molar-refractivity contribution in [2.24, 2.45) is 17.8 Å². The van der Waals surface area contributed by atoms with Crippen molar-refractivity contribution in [3.63, 3.8) is 0 Å². The number of hydrogen-bond donors (Lipinski definition) is 1. The van der Waals surface area contributed by atoms with Crippen LogP contribution in [0, 0.1) is 17.8 Å². The van der Waals surface area contributed by atoms with E-state index in [1.54, 1.807) is 19.3 Å². The summed E-state index contributed by atoms with van der Waals surface area (Å²) in [5, 5.41) is 3.61. The van der Waals surface area contributed by atoms with Crippen molar-refractivity contribution in [1.29, 1.82) is 0 Å². The Hall–Kier alpha value is -0.0800. The molecule has 4 bridgehead atoms. The molecule has 13 heavy (non-hydrogen) atoms. The summed E-state index contributed by atoms with van der Waals surface area (Å²) in [5.41, 5.74) is 0.592. The molecule has 4 rings (SSSR count). The van der Waals surface area contributed by atoms with Crippen LogP contribution in [0.4, 0.5) is 0 Å². The van der Waals surface area contributed by atoms with Crippen LogP contribution in [0.3, 0.4) is 0 Å². The molecule has 0 atom stereocenters. The minimum atomic E-state index is 0. The first kappa shape index (κ1) is 9.47. The van der Waals surface area contributed by atoms with Gasteiger partial charge >= 0.3 is 0 Å². The molecule has 0 amide bonds. The van der Waals surface area contributed by atoms with Gasteiger partial charge < -0.3 is 10.8 Å². The van der Waals surface area contributed by atoms with Crippen LogP contribution in [0.2, 0.25) is 0 Å². The van der Waals surface area contributed by atoms with Gasteiger partial charge in [-0.15, -0.1) is 0 Å². The molecule has 0 aromatic carbocycles. The van der Waals surface area contributed by atoms with E-state index in [-0.39, 0.29) is 5.48 Å². The Morgan fingerprint density at radius 2 is 1.31 bits per heavy atom. The fourth-order valence-electron chi connectivity index (χ4n) is 4.42. The first-order valence-corrected chi connectivity index (χ1v) is 5.48. The fourth-order valence-corrected chi connectivity index (χ4v) is 4.42. The van der Waals surface area contributed by atoms with Gasteiger partial charge in [-0.2, -0.15) is 0 Å². The van der Waals surface area contributed by atoms with Gasteiger partial charge in [0.15, 0.2) is 0 Å². The van der Waals surface area contributed by atoms with E-state index in [0.29, 0.717) is 5.54 Å². The molecule has 76 valence electrons. The minimum Gasteiger partial charge on any atom is -0.412 e. The third kappa shape index (κ3) is 1.31. The van der Waals surface area contributed by atoms with E-state index in [9.17, 15) is 0 Å². The monoisotopic (exact) mass is 183 g/mol. The lowest BCUT2D eigenvalue weighted by molar-refractivity contribution is -0.0158. The summed E-state index contributed by atoms with van der Waals surface area (Å²) in [6, 6.07) is 0. The lowest BCUT2D eigenvalue weighted by Crippen LogP contribution is -2.57. The van der Waals surface area contributed by atoms with E-state index in [4.69, 9.17) is 0 Å². The summed E-state index contributed by atoms with van der Waals surface area (Å²) in [5.74, 6) is 3.26.